The Hall–Kier alpha value is -1.82. The number of aromatic nitrogens is 2. The number of likely N-dealkylation sites (tertiary alicyclic amines) is 1. The number of rotatable bonds is 5. The summed E-state index contributed by atoms with van der Waals surface area (Å²) in [5.41, 5.74) is 4.75. The molecule has 2 fully saturated rings. The van der Waals surface area contributed by atoms with Gasteiger partial charge in [-0.2, -0.15) is 0 Å². The van der Waals surface area contributed by atoms with Crippen LogP contribution in [0.25, 0.3) is 10.9 Å². The van der Waals surface area contributed by atoms with Crippen LogP contribution in [-0.2, 0) is 17.9 Å². The van der Waals surface area contributed by atoms with Gasteiger partial charge in [0.25, 0.3) is 0 Å². The number of thioether (sulfide) groups is 1. The Balaban J connectivity index is 1.14. The van der Waals surface area contributed by atoms with Gasteiger partial charge in [-0.25, -0.2) is 0 Å². The van der Waals surface area contributed by atoms with Crippen molar-refractivity contribution in [1.82, 2.24) is 14.9 Å². The molecule has 140 valence electrons. The summed E-state index contributed by atoms with van der Waals surface area (Å²) >= 11 is 2.10. The van der Waals surface area contributed by atoms with Gasteiger partial charge in [-0.1, -0.05) is 18.2 Å². The zero-order valence-corrected chi connectivity index (χ0v) is 16.5. The molecule has 5 rings (SSSR count). The molecule has 1 aromatic carbocycles. The number of pyridine rings is 1. The van der Waals surface area contributed by atoms with Crippen molar-refractivity contribution < 1.29 is 4.74 Å². The van der Waals surface area contributed by atoms with E-state index in [4.69, 9.17) is 4.74 Å². The van der Waals surface area contributed by atoms with Gasteiger partial charge < -0.3 is 9.72 Å². The highest BCUT2D eigenvalue weighted by atomic mass is 32.2. The molecule has 1 atom stereocenters. The third kappa shape index (κ3) is 3.51. The van der Waals surface area contributed by atoms with Crippen LogP contribution < -0.4 is 0 Å². The molecule has 5 heteroatoms. The number of aryl methyl sites for hydroxylation is 1. The van der Waals surface area contributed by atoms with Crippen LogP contribution in [0.2, 0.25) is 0 Å². The normalized spacial score (nSPS) is 21.7. The Morgan fingerprint density at radius 2 is 2.11 bits per heavy atom. The lowest BCUT2D eigenvalue weighted by Gasteiger charge is -2.47. The van der Waals surface area contributed by atoms with Crippen LogP contribution in [0.15, 0.2) is 48.7 Å². The number of nitrogens with one attached hydrogen (secondary N) is 1. The molecular formula is C22H25N3OS. The average molecular weight is 380 g/mol. The van der Waals surface area contributed by atoms with Crippen LogP contribution in [0.1, 0.15) is 23.4 Å². The lowest BCUT2D eigenvalue weighted by molar-refractivity contribution is 0.0251. The molecule has 1 spiro atoms. The van der Waals surface area contributed by atoms with E-state index in [1.165, 1.54) is 29.6 Å². The van der Waals surface area contributed by atoms with E-state index in [1.54, 1.807) is 0 Å². The predicted molar refractivity (Wildman–Crippen MR) is 111 cm³/mol. The second-order valence-electron chi connectivity index (χ2n) is 7.90. The van der Waals surface area contributed by atoms with Crippen LogP contribution in [0, 0.1) is 6.92 Å². The first-order valence-corrected chi connectivity index (χ1v) is 10.6. The molecule has 2 aromatic heterocycles. The monoisotopic (exact) mass is 379 g/mol. The summed E-state index contributed by atoms with van der Waals surface area (Å²) in [7, 11) is 0. The second kappa shape index (κ2) is 6.97. The number of H-pyrrole nitrogens is 1. The second-order valence-corrected chi connectivity index (χ2v) is 9.39. The first-order valence-electron chi connectivity index (χ1n) is 9.65. The minimum absolute atomic E-state index is 0.354. The van der Waals surface area contributed by atoms with Crippen LogP contribution in [0.3, 0.4) is 0 Å². The molecule has 2 aliphatic heterocycles. The zero-order chi connectivity index (χ0) is 18.3. The maximum atomic E-state index is 6.17. The molecule has 0 amide bonds. The summed E-state index contributed by atoms with van der Waals surface area (Å²) < 4.78 is 6.57. The molecule has 0 aliphatic carbocycles. The number of ether oxygens (including phenoxy) is 1. The first-order chi connectivity index (χ1) is 13.2. The van der Waals surface area contributed by atoms with Gasteiger partial charge >= 0.3 is 0 Å². The van der Waals surface area contributed by atoms with E-state index in [-0.39, 0.29) is 0 Å². The Labute approximate surface area is 164 Å². The molecule has 0 radical (unpaired) electrons. The van der Waals surface area contributed by atoms with E-state index >= 15 is 0 Å². The highest BCUT2D eigenvalue weighted by Gasteiger charge is 2.49. The molecular weight excluding hydrogens is 354 g/mol. The van der Waals surface area contributed by atoms with Crippen LogP contribution in [0.5, 0.6) is 0 Å². The molecule has 1 N–H and O–H groups in total. The predicted octanol–water partition coefficient (Wildman–Crippen LogP) is 4.15. The van der Waals surface area contributed by atoms with E-state index < -0.39 is 0 Å². The lowest BCUT2D eigenvalue weighted by Crippen LogP contribution is -2.58. The Morgan fingerprint density at radius 3 is 3.00 bits per heavy atom. The van der Waals surface area contributed by atoms with E-state index in [9.17, 15) is 0 Å². The van der Waals surface area contributed by atoms with Crippen molar-refractivity contribution in [3.63, 3.8) is 0 Å². The van der Waals surface area contributed by atoms with E-state index in [1.807, 2.05) is 19.2 Å². The summed E-state index contributed by atoms with van der Waals surface area (Å²) in [6.07, 6.45) is 3.55. The van der Waals surface area contributed by atoms with E-state index in [0.29, 0.717) is 17.5 Å². The maximum absolute atomic E-state index is 6.17. The topological polar surface area (TPSA) is 41.1 Å². The number of aromatic amines is 1. The number of fused-ring (bicyclic) bond motifs is 1. The average Bonchev–Trinajstić information content (AvgIpc) is 3.27. The third-order valence-electron chi connectivity index (χ3n) is 5.69. The van der Waals surface area contributed by atoms with Gasteiger partial charge in [-0.3, -0.25) is 9.88 Å². The van der Waals surface area contributed by atoms with Crippen LogP contribution in [0.4, 0.5) is 0 Å². The van der Waals surface area contributed by atoms with Crippen LogP contribution in [-0.4, -0.2) is 44.6 Å². The maximum Gasteiger partial charge on any atom is 0.0892 e. The first kappa shape index (κ1) is 17.3. The molecule has 2 saturated heterocycles. The van der Waals surface area contributed by atoms with Gasteiger partial charge in [-0.05, 0) is 43.2 Å². The standard InChI is InChI=1S/C22H25N3OS/c1-16-4-2-6-18(24-16)12-26-19-10-22(27-13-19)14-25(15-22)11-17-5-3-7-21-20(17)8-9-23-21/h2-9,19,23H,10-15H2,1H3. The van der Waals surface area contributed by atoms with Crippen molar-refractivity contribution in [3.05, 3.63) is 65.6 Å². The zero-order valence-electron chi connectivity index (χ0n) is 15.6. The molecule has 3 aromatic rings. The van der Waals surface area contributed by atoms with Gasteiger partial charge in [-0.15, -0.1) is 11.8 Å². The Kier molecular flexibility index (Phi) is 4.46. The fourth-order valence-corrected chi connectivity index (χ4v) is 6.03. The summed E-state index contributed by atoms with van der Waals surface area (Å²) in [6.45, 7) is 6.03. The summed E-state index contributed by atoms with van der Waals surface area (Å²) in [5, 5.41) is 1.35. The highest BCUT2D eigenvalue weighted by molar-refractivity contribution is 8.01. The third-order valence-corrected chi connectivity index (χ3v) is 7.27. The molecule has 0 saturated carbocycles. The fourth-order valence-electron chi connectivity index (χ4n) is 4.42. The van der Waals surface area contributed by atoms with Gasteiger partial charge in [0.15, 0.2) is 0 Å². The van der Waals surface area contributed by atoms with Gasteiger partial charge in [0.05, 0.1) is 18.4 Å². The van der Waals surface area contributed by atoms with E-state index in [2.05, 4.69) is 63.0 Å². The van der Waals surface area contributed by atoms with Crippen molar-refractivity contribution in [2.45, 2.75) is 37.3 Å². The summed E-state index contributed by atoms with van der Waals surface area (Å²) in [4.78, 5) is 10.4. The fraction of sp³-hybridized carbons (Fsp3) is 0.409. The number of benzene rings is 1. The molecule has 2 aliphatic rings. The van der Waals surface area contributed by atoms with Crippen molar-refractivity contribution in [2.24, 2.45) is 0 Å². The summed E-state index contributed by atoms with van der Waals surface area (Å²) in [5.74, 6) is 1.10. The lowest BCUT2D eigenvalue weighted by atomic mass is 9.92. The minimum Gasteiger partial charge on any atom is -0.371 e. The SMILES string of the molecule is Cc1cccc(COC2CSC3(C2)CN(Cc2cccc4[nH]ccc24)C3)n1. The smallest absolute Gasteiger partial charge is 0.0892 e. The van der Waals surface area contributed by atoms with Crippen molar-refractivity contribution in [1.29, 1.82) is 0 Å². The molecule has 4 nitrogen and oxygen atoms in total. The quantitative estimate of drug-likeness (QED) is 0.723. The molecule has 0 bridgehead atoms. The molecule has 27 heavy (non-hydrogen) atoms. The van der Waals surface area contributed by atoms with E-state index in [0.717, 1.165) is 30.1 Å². The van der Waals surface area contributed by atoms with Gasteiger partial charge in [0.1, 0.15) is 0 Å². The Bertz CT molecular complexity index is 947. The summed E-state index contributed by atoms with van der Waals surface area (Å²) in [6, 6.07) is 14.9. The number of nitrogens with zero attached hydrogens (tertiary/aromatic N) is 2. The number of hydrogen-bond acceptors (Lipinski definition) is 4. The minimum atomic E-state index is 0.354. The van der Waals surface area contributed by atoms with Crippen molar-refractivity contribution in [3.8, 4) is 0 Å². The molecule has 4 heterocycles. The largest absolute Gasteiger partial charge is 0.371 e. The highest BCUT2D eigenvalue weighted by Crippen LogP contribution is 2.46. The van der Waals surface area contributed by atoms with Crippen molar-refractivity contribution in [2.75, 3.05) is 18.8 Å². The van der Waals surface area contributed by atoms with Crippen LogP contribution >= 0.6 is 11.8 Å². The van der Waals surface area contributed by atoms with Crippen molar-refractivity contribution >= 4 is 22.7 Å². The van der Waals surface area contributed by atoms with Gasteiger partial charge in [0, 0.05) is 52.9 Å². The molecule has 1 unspecified atom stereocenters. The Morgan fingerprint density at radius 1 is 1.22 bits per heavy atom. The number of hydrogen-bond donors (Lipinski definition) is 1. The van der Waals surface area contributed by atoms with Gasteiger partial charge in [0.2, 0.25) is 0 Å².